The zero-order valence-corrected chi connectivity index (χ0v) is 9.15. The van der Waals surface area contributed by atoms with Crippen LogP contribution >= 0.6 is 0 Å². The SMILES string of the molecule is CCc1ccc(C(=O)OC)c(C)c1.N#N. The van der Waals surface area contributed by atoms with Crippen molar-refractivity contribution in [2.24, 2.45) is 0 Å². The fourth-order valence-corrected chi connectivity index (χ4v) is 1.28. The molecule has 1 aromatic rings. The molecule has 0 radical (unpaired) electrons. The summed E-state index contributed by atoms with van der Waals surface area (Å²) in [5.74, 6) is -0.264. The Morgan fingerprint density at radius 1 is 1.40 bits per heavy atom. The third kappa shape index (κ3) is 3.39. The number of aryl methyl sites for hydroxylation is 2. The molecule has 80 valence electrons. The summed E-state index contributed by atoms with van der Waals surface area (Å²) < 4.78 is 4.65. The van der Waals surface area contributed by atoms with E-state index in [4.69, 9.17) is 10.8 Å². The lowest BCUT2D eigenvalue weighted by atomic mass is 10.0. The van der Waals surface area contributed by atoms with Crippen LogP contribution in [0.3, 0.4) is 0 Å². The van der Waals surface area contributed by atoms with Gasteiger partial charge in [-0.25, -0.2) is 4.79 Å². The highest BCUT2D eigenvalue weighted by Crippen LogP contribution is 2.12. The van der Waals surface area contributed by atoms with Gasteiger partial charge in [0, 0.05) is 10.8 Å². The smallest absolute Gasteiger partial charge is 0.338 e. The van der Waals surface area contributed by atoms with Gasteiger partial charge in [-0.2, -0.15) is 0 Å². The predicted molar refractivity (Wildman–Crippen MR) is 55.3 cm³/mol. The second-order valence-electron chi connectivity index (χ2n) is 2.99. The molecule has 0 spiro atoms. The monoisotopic (exact) mass is 206 g/mol. The van der Waals surface area contributed by atoms with E-state index >= 15 is 0 Å². The molecule has 15 heavy (non-hydrogen) atoms. The summed E-state index contributed by atoms with van der Waals surface area (Å²) in [6.45, 7) is 4.01. The normalized spacial score (nSPS) is 8.60. The van der Waals surface area contributed by atoms with Gasteiger partial charge in [0.05, 0.1) is 12.7 Å². The van der Waals surface area contributed by atoms with Crippen molar-refractivity contribution >= 4 is 5.97 Å². The van der Waals surface area contributed by atoms with Crippen LogP contribution in [0, 0.1) is 17.7 Å². The molecule has 0 aliphatic heterocycles. The van der Waals surface area contributed by atoms with E-state index in [1.807, 2.05) is 25.1 Å². The van der Waals surface area contributed by atoms with Crippen LogP contribution in [0.1, 0.15) is 28.4 Å². The molecule has 0 saturated heterocycles. The van der Waals surface area contributed by atoms with Gasteiger partial charge in [-0.1, -0.05) is 19.1 Å². The van der Waals surface area contributed by atoms with Crippen LogP contribution in [0.25, 0.3) is 0 Å². The largest absolute Gasteiger partial charge is 0.465 e. The van der Waals surface area contributed by atoms with Crippen LogP contribution in [-0.4, -0.2) is 13.1 Å². The second-order valence-corrected chi connectivity index (χ2v) is 2.99. The molecule has 0 aromatic heterocycles. The fraction of sp³-hybridized carbons (Fsp3) is 0.364. The lowest BCUT2D eigenvalue weighted by Gasteiger charge is -2.04. The van der Waals surface area contributed by atoms with E-state index < -0.39 is 0 Å². The highest BCUT2D eigenvalue weighted by molar-refractivity contribution is 5.90. The van der Waals surface area contributed by atoms with Gasteiger partial charge in [-0.15, -0.1) is 0 Å². The topological polar surface area (TPSA) is 73.9 Å². The molecule has 0 N–H and O–H groups in total. The van der Waals surface area contributed by atoms with Crippen molar-refractivity contribution in [2.45, 2.75) is 20.3 Å². The van der Waals surface area contributed by atoms with Crippen LogP contribution in [0.15, 0.2) is 18.2 Å². The number of carbonyl (C=O) groups excluding carboxylic acids is 1. The Hall–Kier alpha value is -1.89. The Labute approximate surface area is 89.3 Å². The van der Waals surface area contributed by atoms with Crippen molar-refractivity contribution < 1.29 is 9.53 Å². The summed E-state index contributed by atoms with van der Waals surface area (Å²) in [6, 6.07) is 5.80. The Bertz CT molecular complexity index is 359. The van der Waals surface area contributed by atoms with Crippen LogP contribution in [-0.2, 0) is 11.2 Å². The van der Waals surface area contributed by atoms with Gasteiger partial charge in [0.2, 0.25) is 0 Å². The minimum absolute atomic E-state index is 0.264. The van der Waals surface area contributed by atoms with Crippen molar-refractivity contribution in [3.8, 4) is 0 Å². The lowest BCUT2D eigenvalue weighted by molar-refractivity contribution is 0.0600. The van der Waals surface area contributed by atoms with Gasteiger partial charge in [0.1, 0.15) is 0 Å². The molecule has 0 fully saturated rings. The Balaban J connectivity index is 0.000000921. The molecule has 0 aliphatic rings. The zero-order valence-electron chi connectivity index (χ0n) is 9.15. The molecular formula is C11H14N2O2. The quantitative estimate of drug-likeness (QED) is 0.550. The maximum Gasteiger partial charge on any atom is 0.338 e. The Morgan fingerprint density at radius 2 is 2.00 bits per heavy atom. The number of hydrogen-bond acceptors (Lipinski definition) is 4. The molecule has 0 bridgehead atoms. The highest BCUT2D eigenvalue weighted by atomic mass is 16.5. The number of benzene rings is 1. The van der Waals surface area contributed by atoms with Gasteiger partial charge < -0.3 is 4.74 Å². The van der Waals surface area contributed by atoms with Crippen molar-refractivity contribution in [3.63, 3.8) is 0 Å². The third-order valence-electron chi connectivity index (χ3n) is 2.10. The molecule has 4 heteroatoms. The standard InChI is InChI=1S/C11H14O2.N2/c1-4-9-5-6-10(8(2)7-9)11(12)13-3;1-2/h5-7H,4H2,1-3H3;. The van der Waals surface area contributed by atoms with E-state index in [1.54, 1.807) is 0 Å². The van der Waals surface area contributed by atoms with E-state index in [9.17, 15) is 4.79 Å². The Kier molecular flexibility index (Phi) is 5.72. The number of nitrogens with zero attached hydrogens (tertiary/aromatic N) is 2. The molecular weight excluding hydrogens is 192 g/mol. The maximum atomic E-state index is 11.2. The molecule has 0 saturated carbocycles. The summed E-state index contributed by atoms with van der Waals surface area (Å²) in [7, 11) is 1.40. The summed E-state index contributed by atoms with van der Waals surface area (Å²) in [4.78, 5) is 11.2. The average Bonchev–Trinajstić information content (AvgIpc) is 2.30. The predicted octanol–water partition coefficient (Wildman–Crippen LogP) is 2.37. The molecule has 0 aliphatic carbocycles. The fourth-order valence-electron chi connectivity index (χ4n) is 1.28. The molecule has 4 nitrogen and oxygen atoms in total. The van der Waals surface area contributed by atoms with Crippen LogP contribution in [0.5, 0.6) is 0 Å². The van der Waals surface area contributed by atoms with Gasteiger partial charge in [0.15, 0.2) is 0 Å². The van der Waals surface area contributed by atoms with Crippen molar-refractivity contribution in [1.82, 2.24) is 0 Å². The minimum atomic E-state index is -0.264. The van der Waals surface area contributed by atoms with Crippen molar-refractivity contribution in [1.29, 1.82) is 10.8 Å². The minimum Gasteiger partial charge on any atom is -0.465 e. The van der Waals surface area contributed by atoms with E-state index in [0.29, 0.717) is 5.56 Å². The van der Waals surface area contributed by atoms with E-state index in [2.05, 4.69) is 11.7 Å². The van der Waals surface area contributed by atoms with Gasteiger partial charge >= 0.3 is 5.97 Å². The lowest BCUT2D eigenvalue weighted by Crippen LogP contribution is -2.03. The number of hydrogen-bond donors (Lipinski definition) is 0. The first-order valence-electron chi connectivity index (χ1n) is 4.57. The molecule has 0 amide bonds. The number of methoxy groups -OCH3 is 1. The van der Waals surface area contributed by atoms with Crippen LogP contribution in [0.4, 0.5) is 0 Å². The zero-order chi connectivity index (χ0) is 11.8. The van der Waals surface area contributed by atoms with Gasteiger partial charge in [-0.05, 0) is 30.5 Å². The molecule has 0 atom stereocenters. The van der Waals surface area contributed by atoms with Gasteiger partial charge in [0.25, 0.3) is 0 Å². The first-order chi connectivity index (χ1) is 7.19. The summed E-state index contributed by atoms with van der Waals surface area (Å²) >= 11 is 0. The summed E-state index contributed by atoms with van der Waals surface area (Å²) in [5.41, 5.74) is 2.87. The number of carbonyl (C=O) groups is 1. The van der Waals surface area contributed by atoms with E-state index in [0.717, 1.165) is 12.0 Å². The number of rotatable bonds is 2. The van der Waals surface area contributed by atoms with E-state index in [1.165, 1.54) is 12.7 Å². The second kappa shape index (κ2) is 6.55. The van der Waals surface area contributed by atoms with E-state index in [-0.39, 0.29) is 5.97 Å². The van der Waals surface area contributed by atoms with Crippen molar-refractivity contribution in [2.75, 3.05) is 7.11 Å². The van der Waals surface area contributed by atoms with Gasteiger partial charge in [-0.3, -0.25) is 0 Å². The van der Waals surface area contributed by atoms with Crippen LogP contribution < -0.4 is 0 Å². The van der Waals surface area contributed by atoms with Crippen LogP contribution in [0.2, 0.25) is 0 Å². The molecule has 1 rings (SSSR count). The Morgan fingerprint density at radius 3 is 2.40 bits per heavy atom. The first kappa shape index (κ1) is 13.1. The number of esters is 1. The maximum absolute atomic E-state index is 11.2. The summed E-state index contributed by atoms with van der Waals surface area (Å²) in [6.07, 6.45) is 0.988. The first-order valence-corrected chi connectivity index (χ1v) is 4.57. The molecule has 1 aromatic carbocycles. The summed E-state index contributed by atoms with van der Waals surface area (Å²) in [5, 5.41) is 12.0. The number of ether oxygens (including phenoxy) is 1. The third-order valence-corrected chi connectivity index (χ3v) is 2.10. The highest BCUT2D eigenvalue weighted by Gasteiger charge is 2.08. The van der Waals surface area contributed by atoms with Crippen molar-refractivity contribution in [3.05, 3.63) is 34.9 Å². The molecule has 0 heterocycles. The molecule has 0 unspecified atom stereocenters. The average molecular weight is 206 g/mol.